The lowest BCUT2D eigenvalue weighted by molar-refractivity contribution is 0.0940. The van der Waals surface area contributed by atoms with Gasteiger partial charge in [-0.3, -0.25) is 10.1 Å². The van der Waals surface area contributed by atoms with Crippen LogP contribution in [0.4, 0.5) is 4.79 Å². The lowest BCUT2D eigenvalue weighted by Crippen LogP contribution is -2.51. The SMILES string of the molecule is COc1ccc(C(=O)NC(=O)N2CCN(C)CC2)cc1. The molecule has 0 aliphatic carbocycles. The van der Waals surface area contributed by atoms with Gasteiger partial charge in [-0.2, -0.15) is 0 Å². The van der Waals surface area contributed by atoms with Crippen LogP contribution in [0, 0.1) is 0 Å². The minimum absolute atomic E-state index is 0.334. The van der Waals surface area contributed by atoms with Crippen LogP contribution < -0.4 is 10.1 Å². The average molecular weight is 277 g/mol. The molecule has 1 heterocycles. The first-order chi connectivity index (χ1) is 9.60. The summed E-state index contributed by atoms with van der Waals surface area (Å²) >= 11 is 0. The van der Waals surface area contributed by atoms with E-state index in [1.54, 1.807) is 36.3 Å². The number of hydrogen-bond donors (Lipinski definition) is 1. The number of nitrogens with zero attached hydrogens (tertiary/aromatic N) is 2. The zero-order chi connectivity index (χ0) is 14.5. The molecule has 6 heteroatoms. The van der Waals surface area contributed by atoms with Crippen LogP contribution in [-0.2, 0) is 0 Å². The standard InChI is InChI=1S/C14H19N3O3/c1-16-7-9-17(10-8-16)14(19)15-13(18)11-3-5-12(20-2)6-4-11/h3-6H,7-10H2,1-2H3,(H,15,18,19). The molecule has 108 valence electrons. The molecule has 2 rings (SSSR count). The molecule has 0 aromatic heterocycles. The molecule has 20 heavy (non-hydrogen) atoms. The van der Waals surface area contributed by atoms with E-state index in [2.05, 4.69) is 10.2 Å². The van der Waals surface area contributed by atoms with Gasteiger partial charge >= 0.3 is 6.03 Å². The molecule has 0 atom stereocenters. The molecular weight excluding hydrogens is 258 g/mol. The lowest BCUT2D eigenvalue weighted by atomic mass is 10.2. The predicted octanol–water partition coefficient (Wildman–Crippen LogP) is 0.792. The van der Waals surface area contributed by atoms with E-state index in [1.165, 1.54) is 0 Å². The smallest absolute Gasteiger partial charge is 0.324 e. The number of hydrogen-bond acceptors (Lipinski definition) is 4. The van der Waals surface area contributed by atoms with E-state index in [1.807, 2.05) is 7.05 Å². The monoisotopic (exact) mass is 277 g/mol. The second kappa shape index (κ2) is 6.38. The summed E-state index contributed by atoms with van der Waals surface area (Å²) in [5.74, 6) is 0.281. The third kappa shape index (κ3) is 3.48. The molecule has 1 aromatic carbocycles. The van der Waals surface area contributed by atoms with Crippen LogP contribution in [0.2, 0.25) is 0 Å². The quantitative estimate of drug-likeness (QED) is 0.868. The fourth-order valence-corrected chi connectivity index (χ4v) is 2.00. The van der Waals surface area contributed by atoms with E-state index in [0.29, 0.717) is 24.4 Å². The summed E-state index contributed by atoms with van der Waals surface area (Å²) < 4.78 is 5.02. The van der Waals surface area contributed by atoms with Gasteiger partial charge in [-0.1, -0.05) is 0 Å². The van der Waals surface area contributed by atoms with Gasteiger partial charge in [-0.25, -0.2) is 4.79 Å². The van der Waals surface area contributed by atoms with Gasteiger partial charge < -0.3 is 14.5 Å². The van der Waals surface area contributed by atoms with Crippen molar-refractivity contribution in [1.82, 2.24) is 15.1 Å². The highest BCUT2D eigenvalue weighted by Crippen LogP contribution is 2.11. The van der Waals surface area contributed by atoms with Crippen LogP contribution in [0.1, 0.15) is 10.4 Å². The Bertz CT molecular complexity index is 479. The summed E-state index contributed by atoms with van der Waals surface area (Å²) in [7, 11) is 3.57. The number of piperazine rings is 1. The summed E-state index contributed by atoms with van der Waals surface area (Å²) in [5.41, 5.74) is 0.438. The number of benzene rings is 1. The summed E-state index contributed by atoms with van der Waals surface area (Å²) in [5, 5.41) is 2.41. The molecule has 1 N–H and O–H groups in total. The summed E-state index contributed by atoms with van der Waals surface area (Å²) in [6.07, 6.45) is 0. The van der Waals surface area contributed by atoms with Crippen LogP contribution >= 0.6 is 0 Å². The molecule has 1 aliphatic rings. The van der Waals surface area contributed by atoms with Crippen molar-refractivity contribution in [1.29, 1.82) is 0 Å². The first-order valence-electron chi connectivity index (χ1n) is 6.53. The topological polar surface area (TPSA) is 61.9 Å². The maximum absolute atomic E-state index is 12.0. The summed E-state index contributed by atoms with van der Waals surface area (Å²) in [6.45, 7) is 2.92. The van der Waals surface area contributed by atoms with Crippen molar-refractivity contribution >= 4 is 11.9 Å². The Balaban J connectivity index is 1.91. The summed E-state index contributed by atoms with van der Waals surface area (Å²) in [4.78, 5) is 27.7. The van der Waals surface area contributed by atoms with Crippen molar-refractivity contribution < 1.29 is 14.3 Å². The van der Waals surface area contributed by atoms with Gasteiger partial charge in [0.25, 0.3) is 5.91 Å². The largest absolute Gasteiger partial charge is 0.497 e. The fourth-order valence-electron chi connectivity index (χ4n) is 2.00. The number of carbonyl (C=O) groups is 2. The highest BCUT2D eigenvalue weighted by Gasteiger charge is 2.20. The molecule has 0 radical (unpaired) electrons. The zero-order valence-electron chi connectivity index (χ0n) is 11.8. The van der Waals surface area contributed by atoms with Gasteiger partial charge in [0.15, 0.2) is 0 Å². The van der Waals surface area contributed by atoms with E-state index < -0.39 is 5.91 Å². The predicted molar refractivity (Wildman–Crippen MR) is 74.9 cm³/mol. The number of imide groups is 1. The van der Waals surface area contributed by atoms with Crippen LogP contribution in [0.3, 0.4) is 0 Å². The first-order valence-corrected chi connectivity index (χ1v) is 6.53. The Morgan fingerprint density at radius 1 is 1.10 bits per heavy atom. The number of nitrogens with one attached hydrogen (secondary N) is 1. The van der Waals surface area contributed by atoms with E-state index in [0.717, 1.165) is 13.1 Å². The van der Waals surface area contributed by atoms with Crippen LogP contribution in [0.15, 0.2) is 24.3 Å². The van der Waals surface area contributed by atoms with Gasteiger partial charge in [-0.05, 0) is 31.3 Å². The maximum atomic E-state index is 12.0. The maximum Gasteiger partial charge on any atom is 0.324 e. The lowest BCUT2D eigenvalue weighted by Gasteiger charge is -2.32. The number of amides is 3. The van der Waals surface area contributed by atoms with E-state index in [9.17, 15) is 9.59 Å². The molecule has 1 fully saturated rings. The van der Waals surface area contributed by atoms with E-state index >= 15 is 0 Å². The van der Waals surface area contributed by atoms with Crippen molar-refractivity contribution in [2.24, 2.45) is 0 Å². The van der Waals surface area contributed by atoms with Gasteiger partial charge in [0.2, 0.25) is 0 Å². The van der Waals surface area contributed by atoms with Crippen LogP contribution in [0.25, 0.3) is 0 Å². The van der Waals surface area contributed by atoms with Gasteiger partial charge in [0.05, 0.1) is 7.11 Å². The van der Waals surface area contributed by atoms with Crippen molar-refractivity contribution in [3.05, 3.63) is 29.8 Å². The first kappa shape index (κ1) is 14.3. The van der Waals surface area contributed by atoms with Gasteiger partial charge in [0, 0.05) is 31.7 Å². The minimum Gasteiger partial charge on any atom is -0.497 e. The van der Waals surface area contributed by atoms with Gasteiger partial charge in [0.1, 0.15) is 5.75 Å². The average Bonchev–Trinajstić information content (AvgIpc) is 2.48. The second-order valence-corrected chi connectivity index (χ2v) is 4.78. The van der Waals surface area contributed by atoms with Crippen LogP contribution in [0.5, 0.6) is 5.75 Å². The number of likely N-dealkylation sites (N-methyl/N-ethyl adjacent to an activating group) is 1. The van der Waals surface area contributed by atoms with E-state index in [4.69, 9.17) is 4.74 Å². The van der Waals surface area contributed by atoms with Gasteiger partial charge in [-0.15, -0.1) is 0 Å². The highest BCUT2D eigenvalue weighted by atomic mass is 16.5. The van der Waals surface area contributed by atoms with Crippen molar-refractivity contribution in [2.45, 2.75) is 0 Å². The molecule has 0 unspecified atom stereocenters. The van der Waals surface area contributed by atoms with Crippen molar-refractivity contribution in [3.8, 4) is 5.75 Å². The molecule has 3 amide bonds. The highest BCUT2D eigenvalue weighted by molar-refractivity contribution is 6.04. The Morgan fingerprint density at radius 2 is 1.70 bits per heavy atom. The molecule has 1 saturated heterocycles. The second-order valence-electron chi connectivity index (χ2n) is 4.78. The molecule has 0 bridgehead atoms. The Labute approximate surface area is 118 Å². The molecule has 1 aromatic rings. The number of ether oxygens (including phenoxy) is 1. The Kier molecular flexibility index (Phi) is 4.57. The normalized spacial score (nSPS) is 15.8. The number of rotatable bonds is 2. The Morgan fingerprint density at radius 3 is 2.25 bits per heavy atom. The minimum atomic E-state index is -0.392. The summed E-state index contributed by atoms with van der Waals surface area (Å²) in [6, 6.07) is 6.31. The number of methoxy groups -OCH3 is 1. The molecule has 0 spiro atoms. The fraction of sp³-hybridized carbons (Fsp3) is 0.429. The number of urea groups is 1. The Hall–Kier alpha value is -2.08. The zero-order valence-corrected chi connectivity index (χ0v) is 11.8. The molecule has 1 aliphatic heterocycles. The molecule has 6 nitrogen and oxygen atoms in total. The van der Waals surface area contributed by atoms with Crippen molar-refractivity contribution in [2.75, 3.05) is 40.3 Å². The number of carbonyl (C=O) groups excluding carboxylic acids is 2. The van der Waals surface area contributed by atoms with Crippen LogP contribution in [-0.4, -0.2) is 62.1 Å². The molecule has 0 saturated carbocycles. The molecular formula is C14H19N3O3. The third-order valence-electron chi connectivity index (χ3n) is 3.36. The van der Waals surface area contributed by atoms with Crippen molar-refractivity contribution in [3.63, 3.8) is 0 Å². The van der Waals surface area contributed by atoms with E-state index in [-0.39, 0.29) is 6.03 Å². The third-order valence-corrected chi connectivity index (χ3v) is 3.36.